The highest BCUT2D eigenvalue weighted by Crippen LogP contribution is 2.19. The van der Waals surface area contributed by atoms with Gasteiger partial charge in [0, 0.05) is 11.8 Å². The van der Waals surface area contributed by atoms with Crippen molar-refractivity contribution < 1.29 is 8.42 Å². The zero-order chi connectivity index (χ0) is 13.6. The Labute approximate surface area is 111 Å². The predicted octanol–water partition coefficient (Wildman–Crippen LogP) is 2.47. The second-order valence-corrected chi connectivity index (χ2v) is 6.81. The minimum atomic E-state index is -2.98. The zero-order valence-electron chi connectivity index (χ0n) is 11.4. The maximum atomic E-state index is 12.0. The Balaban J connectivity index is 2.94. The summed E-state index contributed by atoms with van der Waals surface area (Å²) in [5.74, 6) is 0.445. The number of sulfone groups is 1. The van der Waals surface area contributed by atoms with Crippen molar-refractivity contribution in [3.05, 3.63) is 35.4 Å². The van der Waals surface area contributed by atoms with Crippen LogP contribution in [0.3, 0.4) is 0 Å². The van der Waals surface area contributed by atoms with Gasteiger partial charge in [-0.05, 0) is 31.0 Å². The molecule has 0 aromatic heterocycles. The van der Waals surface area contributed by atoms with E-state index in [1.54, 1.807) is 0 Å². The van der Waals surface area contributed by atoms with E-state index in [9.17, 15) is 8.42 Å². The molecular formula is C14H23NO2S. The minimum absolute atomic E-state index is 0.104. The first-order valence-electron chi connectivity index (χ1n) is 6.49. The Kier molecular flexibility index (Phi) is 5.82. The Morgan fingerprint density at radius 3 is 2.44 bits per heavy atom. The maximum Gasteiger partial charge on any atom is 0.152 e. The Morgan fingerprint density at radius 2 is 1.89 bits per heavy atom. The third-order valence-electron chi connectivity index (χ3n) is 2.95. The van der Waals surface area contributed by atoms with Gasteiger partial charge < -0.3 is 5.32 Å². The first kappa shape index (κ1) is 15.2. The molecule has 0 aliphatic heterocycles. The smallest absolute Gasteiger partial charge is 0.152 e. The molecule has 1 aromatic rings. The standard InChI is InChI=1S/C14H23NO2S/c1-4-10-18(16,17)11-14(15-5-2)13-9-7-6-8-12(13)3/h6-9,14-15H,4-5,10-11H2,1-3H3. The summed E-state index contributed by atoms with van der Waals surface area (Å²) in [6, 6.07) is 7.85. The quantitative estimate of drug-likeness (QED) is 0.827. The summed E-state index contributed by atoms with van der Waals surface area (Å²) in [6.45, 7) is 6.68. The van der Waals surface area contributed by atoms with E-state index in [-0.39, 0.29) is 17.5 Å². The second-order valence-electron chi connectivity index (χ2n) is 4.58. The van der Waals surface area contributed by atoms with Crippen LogP contribution in [0.5, 0.6) is 0 Å². The summed E-state index contributed by atoms with van der Waals surface area (Å²) in [6.07, 6.45) is 0.676. The van der Waals surface area contributed by atoms with Crippen LogP contribution >= 0.6 is 0 Å². The molecule has 3 nitrogen and oxygen atoms in total. The lowest BCUT2D eigenvalue weighted by Gasteiger charge is -2.20. The molecule has 1 unspecified atom stereocenters. The first-order chi connectivity index (χ1) is 8.50. The number of hydrogen-bond donors (Lipinski definition) is 1. The van der Waals surface area contributed by atoms with Gasteiger partial charge in [0.2, 0.25) is 0 Å². The lowest BCUT2D eigenvalue weighted by molar-refractivity contribution is 0.557. The van der Waals surface area contributed by atoms with Crippen LogP contribution in [-0.4, -0.2) is 26.5 Å². The highest BCUT2D eigenvalue weighted by Gasteiger charge is 2.20. The summed E-state index contributed by atoms with van der Waals surface area (Å²) in [7, 11) is -2.98. The van der Waals surface area contributed by atoms with Crippen LogP contribution in [0.4, 0.5) is 0 Å². The second kappa shape index (κ2) is 6.90. The molecule has 0 radical (unpaired) electrons. The van der Waals surface area contributed by atoms with E-state index in [0.29, 0.717) is 6.42 Å². The third-order valence-corrected chi connectivity index (χ3v) is 4.82. The molecule has 1 N–H and O–H groups in total. The van der Waals surface area contributed by atoms with Crippen molar-refractivity contribution in [2.75, 3.05) is 18.1 Å². The molecule has 0 aliphatic carbocycles. The fourth-order valence-corrected chi connectivity index (χ4v) is 3.73. The van der Waals surface area contributed by atoms with Crippen molar-refractivity contribution in [1.82, 2.24) is 5.32 Å². The molecule has 1 atom stereocenters. The summed E-state index contributed by atoms with van der Waals surface area (Å²) in [5.41, 5.74) is 2.22. The molecule has 0 bridgehead atoms. The number of rotatable bonds is 7. The summed E-state index contributed by atoms with van der Waals surface area (Å²) in [4.78, 5) is 0. The van der Waals surface area contributed by atoms with Crippen molar-refractivity contribution >= 4 is 9.84 Å². The van der Waals surface area contributed by atoms with Crippen molar-refractivity contribution in [3.8, 4) is 0 Å². The van der Waals surface area contributed by atoms with Crippen molar-refractivity contribution in [3.63, 3.8) is 0 Å². The number of benzene rings is 1. The topological polar surface area (TPSA) is 46.2 Å². The highest BCUT2D eigenvalue weighted by molar-refractivity contribution is 7.91. The lowest BCUT2D eigenvalue weighted by atomic mass is 10.0. The molecule has 18 heavy (non-hydrogen) atoms. The van der Waals surface area contributed by atoms with Crippen LogP contribution in [0.15, 0.2) is 24.3 Å². The Hall–Kier alpha value is -0.870. The highest BCUT2D eigenvalue weighted by atomic mass is 32.2. The van der Waals surface area contributed by atoms with Crippen molar-refractivity contribution in [2.45, 2.75) is 33.2 Å². The molecule has 1 aromatic carbocycles. The van der Waals surface area contributed by atoms with Gasteiger partial charge in [0.15, 0.2) is 9.84 Å². The van der Waals surface area contributed by atoms with Gasteiger partial charge in [-0.3, -0.25) is 0 Å². The summed E-state index contributed by atoms with van der Waals surface area (Å²) < 4.78 is 23.9. The average molecular weight is 269 g/mol. The van der Waals surface area contributed by atoms with E-state index in [4.69, 9.17) is 0 Å². The monoisotopic (exact) mass is 269 g/mol. The molecule has 102 valence electrons. The largest absolute Gasteiger partial charge is 0.309 e. The maximum absolute atomic E-state index is 12.0. The van der Waals surface area contributed by atoms with E-state index in [2.05, 4.69) is 5.32 Å². The fraction of sp³-hybridized carbons (Fsp3) is 0.571. The van der Waals surface area contributed by atoms with E-state index >= 15 is 0 Å². The first-order valence-corrected chi connectivity index (χ1v) is 8.31. The van der Waals surface area contributed by atoms with Gasteiger partial charge in [-0.1, -0.05) is 38.1 Å². The molecule has 1 rings (SSSR count). The van der Waals surface area contributed by atoms with Crippen molar-refractivity contribution in [1.29, 1.82) is 0 Å². The van der Waals surface area contributed by atoms with Crippen molar-refractivity contribution in [2.24, 2.45) is 0 Å². The van der Waals surface area contributed by atoms with E-state index in [1.165, 1.54) is 0 Å². The van der Waals surface area contributed by atoms with Crippen LogP contribution in [-0.2, 0) is 9.84 Å². The molecular weight excluding hydrogens is 246 g/mol. The van der Waals surface area contributed by atoms with Crippen LogP contribution in [0.2, 0.25) is 0 Å². The van der Waals surface area contributed by atoms with Crippen LogP contribution < -0.4 is 5.32 Å². The van der Waals surface area contributed by atoms with E-state index < -0.39 is 9.84 Å². The van der Waals surface area contributed by atoms with Gasteiger partial charge in [-0.2, -0.15) is 0 Å². The fourth-order valence-electron chi connectivity index (χ4n) is 2.13. The van der Waals surface area contributed by atoms with Gasteiger partial charge in [0.25, 0.3) is 0 Å². The predicted molar refractivity (Wildman–Crippen MR) is 76.5 cm³/mol. The molecule has 0 aliphatic rings. The van der Waals surface area contributed by atoms with E-state index in [1.807, 2.05) is 45.0 Å². The number of hydrogen-bond acceptors (Lipinski definition) is 3. The Bertz CT molecular complexity index is 468. The summed E-state index contributed by atoms with van der Waals surface area (Å²) >= 11 is 0. The lowest BCUT2D eigenvalue weighted by Crippen LogP contribution is -2.29. The minimum Gasteiger partial charge on any atom is -0.309 e. The van der Waals surface area contributed by atoms with Crippen LogP contribution in [0, 0.1) is 6.92 Å². The van der Waals surface area contributed by atoms with Gasteiger partial charge in [0.05, 0.1) is 5.75 Å². The third kappa shape index (κ3) is 4.42. The molecule has 0 saturated heterocycles. The zero-order valence-corrected chi connectivity index (χ0v) is 12.3. The molecule has 0 heterocycles. The van der Waals surface area contributed by atoms with E-state index in [0.717, 1.165) is 17.7 Å². The van der Waals surface area contributed by atoms with Gasteiger partial charge in [-0.15, -0.1) is 0 Å². The number of aryl methyl sites for hydroxylation is 1. The normalized spacial score (nSPS) is 13.5. The SMILES string of the molecule is CCCS(=O)(=O)CC(NCC)c1ccccc1C. The molecule has 0 fully saturated rings. The molecule has 4 heteroatoms. The molecule has 0 spiro atoms. The molecule has 0 amide bonds. The van der Waals surface area contributed by atoms with Gasteiger partial charge >= 0.3 is 0 Å². The Morgan fingerprint density at radius 1 is 1.22 bits per heavy atom. The van der Waals surface area contributed by atoms with Crippen LogP contribution in [0.1, 0.15) is 37.4 Å². The van der Waals surface area contributed by atoms with Gasteiger partial charge in [0.1, 0.15) is 0 Å². The molecule has 0 saturated carbocycles. The number of nitrogens with one attached hydrogen (secondary N) is 1. The summed E-state index contributed by atoms with van der Waals surface area (Å²) in [5, 5.41) is 3.28. The average Bonchev–Trinajstić information content (AvgIpc) is 2.28. The van der Waals surface area contributed by atoms with Gasteiger partial charge in [-0.25, -0.2) is 8.42 Å². The van der Waals surface area contributed by atoms with Crippen LogP contribution in [0.25, 0.3) is 0 Å².